The van der Waals surface area contributed by atoms with Gasteiger partial charge in [0.25, 0.3) is 5.91 Å². The molecule has 0 bridgehead atoms. The molecule has 4 rings (SSSR count). The third-order valence-corrected chi connectivity index (χ3v) is 13.7. The molecule has 2 aliphatic heterocycles. The van der Waals surface area contributed by atoms with Crippen molar-refractivity contribution < 1.29 is 14.6 Å². The molecule has 2 aromatic rings. The number of rotatable bonds is 6. The Hall–Kier alpha value is -0.970. The first kappa shape index (κ1) is 31.6. The molecule has 38 heavy (non-hydrogen) atoms. The number of hydrogen-bond acceptors (Lipinski definition) is 7. The molecule has 6 nitrogen and oxygen atoms in total. The first-order valence-electron chi connectivity index (χ1n) is 13.7. The molecule has 0 aromatic carbocycles. The Morgan fingerprint density at radius 1 is 1.16 bits per heavy atom. The lowest BCUT2D eigenvalue weighted by Gasteiger charge is -2.47. The number of ether oxygens (including phenoxy) is 1. The molecule has 9 heteroatoms. The van der Waals surface area contributed by atoms with Crippen molar-refractivity contribution in [3.05, 3.63) is 38.0 Å². The van der Waals surface area contributed by atoms with Crippen LogP contribution in [0.2, 0.25) is 0 Å². The minimum absolute atomic E-state index is 0.0400. The predicted molar refractivity (Wildman–Crippen MR) is 166 cm³/mol. The Balaban J connectivity index is 0.000000436. The highest BCUT2D eigenvalue weighted by atomic mass is 32.3. The molecule has 2 saturated heterocycles. The minimum Gasteiger partial charge on any atom is -0.396 e. The van der Waals surface area contributed by atoms with Gasteiger partial charge in [-0.15, -0.1) is 22.7 Å². The van der Waals surface area contributed by atoms with Gasteiger partial charge in [-0.1, -0.05) is 34.6 Å². The van der Waals surface area contributed by atoms with Crippen molar-refractivity contribution in [2.24, 2.45) is 0 Å². The van der Waals surface area contributed by atoms with Gasteiger partial charge in [-0.05, 0) is 59.8 Å². The van der Waals surface area contributed by atoms with Crippen LogP contribution in [0.3, 0.4) is 0 Å². The molecule has 1 N–H and O–H groups in total. The normalized spacial score (nSPS) is 18.9. The van der Waals surface area contributed by atoms with E-state index in [1.54, 1.807) is 22.7 Å². The topological polar surface area (TPSA) is 65.9 Å². The van der Waals surface area contributed by atoms with Crippen LogP contribution in [-0.2, 0) is 17.7 Å². The lowest BCUT2D eigenvalue weighted by molar-refractivity contribution is -0.127. The van der Waals surface area contributed by atoms with Crippen molar-refractivity contribution in [3.63, 3.8) is 0 Å². The van der Waals surface area contributed by atoms with Crippen molar-refractivity contribution in [3.8, 4) is 0 Å². The monoisotopic (exact) mass is 583 g/mol. The van der Waals surface area contributed by atoms with E-state index in [-0.39, 0.29) is 28.1 Å². The van der Waals surface area contributed by atoms with Crippen LogP contribution in [0.1, 0.15) is 79.3 Å². The van der Waals surface area contributed by atoms with Gasteiger partial charge in [0.1, 0.15) is 5.69 Å². The van der Waals surface area contributed by atoms with Gasteiger partial charge in [-0.2, -0.15) is 0 Å². The zero-order valence-electron chi connectivity index (χ0n) is 24.7. The number of amides is 1. The van der Waals surface area contributed by atoms with Gasteiger partial charge in [-0.3, -0.25) is 9.69 Å². The zero-order chi connectivity index (χ0) is 28.1. The molecule has 1 amide bonds. The van der Waals surface area contributed by atoms with Gasteiger partial charge < -0.3 is 14.7 Å². The summed E-state index contributed by atoms with van der Waals surface area (Å²) in [4.78, 5) is 23.3. The molecule has 2 aromatic heterocycles. The number of hydrogen-bond donors (Lipinski definition) is 1. The third kappa shape index (κ3) is 8.51. The van der Waals surface area contributed by atoms with Crippen LogP contribution in [0.5, 0.6) is 0 Å². The van der Waals surface area contributed by atoms with E-state index in [0.29, 0.717) is 36.1 Å². The average molecular weight is 584 g/mol. The number of thiazole rings is 1. The Morgan fingerprint density at radius 2 is 1.82 bits per heavy atom. The van der Waals surface area contributed by atoms with Crippen LogP contribution in [0.15, 0.2) is 16.8 Å². The van der Waals surface area contributed by atoms with Crippen molar-refractivity contribution in [2.45, 2.75) is 76.7 Å². The van der Waals surface area contributed by atoms with Gasteiger partial charge in [-0.25, -0.2) is 15.0 Å². The highest BCUT2D eigenvalue weighted by Crippen LogP contribution is 2.48. The molecule has 2 fully saturated rings. The summed E-state index contributed by atoms with van der Waals surface area (Å²) in [5.74, 6) is 0.387. The lowest BCUT2D eigenvalue weighted by Crippen LogP contribution is -2.57. The summed E-state index contributed by atoms with van der Waals surface area (Å²) in [6.45, 7) is 16.1. The Morgan fingerprint density at radius 3 is 2.37 bits per heavy atom. The van der Waals surface area contributed by atoms with Gasteiger partial charge in [0, 0.05) is 49.0 Å². The van der Waals surface area contributed by atoms with Crippen LogP contribution in [0.4, 0.5) is 0 Å². The maximum atomic E-state index is 13.0. The smallest absolute Gasteiger partial charge is 0.273 e. The summed E-state index contributed by atoms with van der Waals surface area (Å²) >= 11 is 3.35. The predicted octanol–water partition coefficient (Wildman–Crippen LogP) is 5.85. The maximum Gasteiger partial charge on any atom is 0.273 e. The molecule has 4 heterocycles. The van der Waals surface area contributed by atoms with Crippen LogP contribution < -0.4 is 0 Å². The number of carbonyl (C=O) groups is 1. The quantitative estimate of drug-likeness (QED) is 0.462. The van der Waals surface area contributed by atoms with Gasteiger partial charge in [0.15, 0.2) is 0 Å². The third-order valence-electron chi connectivity index (χ3n) is 7.86. The summed E-state index contributed by atoms with van der Waals surface area (Å²) in [6.07, 6.45) is 9.68. The van der Waals surface area contributed by atoms with Crippen molar-refractivity contribution in [1.82, 2.24) is 14.8 Å². The molecule has 0 unspecified atom stereocenters. The Kier molecular flexibility index (Phi) is 10.9. The molecule has 2 aliphatic rings. The van der Waals surface area contributed by atoms with Crippen molar-refractivity contribution >= 4 is 38.6 Å². The fourth-order valence-electron chi connectivity index (χ4n) is 4.24. The lowest BCUT2D eigenvalue weighted by atomic mass is 9.89. The van der Waals surface area contributed by atoms with Crippen LogP contribution in [-0.4, -0.2) is 94.3 Å². The van der Waals surface area contributed by atoms with E-state index < -0.39 is 0 Å². The van der Waals surface area contributed by atoms with Gasteiger partial charge >= 0.3 is 0 Å². The summed E-state index contributed by atoms with van der Waals surface area (Å²) in [5, 5.41) is 14.2. The number of morpholine rings is 1. The second kappa shape index (κ2) is 13.1. The first-order chi connectivity index (χ1) is 17.7. The van der Waals surface area contributed by atoms with E-state index >= 15 is 0 Å². The second-order valence-electron chi connectivity index (χ2n) is 12.6. The summed E-state index contributed by atoms with van der Waals surface area (Å²) in [7, 11) is -0.340. The fourth-order valence-corrected chi connectivity index (χ4v) is 6.02. The molecule has 0 atom stereocenters. The molecule has 0 radical (unpaired) electrons. The molecular weight excluding hydrogens is 535 g/mol. The van der Waals surface area contributed by atoms with E-state index in [2.05, 4.69) is 74.7 Å². The first-order valence-corrected chi connectivity index (χ1v) is 18.3. The number of aliphatic hydroxyl groups is 1. The number of aromatic nitrogens is 1. The van der Waals surface area contributed by atoms with E-state index in [4.69, 9.17) is 9.84 Å². The molecule has 1 spiro atoms. The van der Waals surface area contributed by atoms with Gasteiger partial charge in [0.05, 0.1) is 23.8 Å². The number of likely N-dealkylation sites (tertiary alicyclic amines) is 1. The number of thiophene rings is 1. The summed E-state index contributed by atoms with van der Waals surface area (Å²) in [5.41, 5.74) is 1.58. The van der Waals surface area contributed by atoms with E-state index in [9.17, 15) is 4.79 Å². The van der Waals surface area contributed by atoms with E-state index in [1.165, 1.54) is 10.4 Å². The number of piperidine rings is 1. The van der Waals surface area contributed by atoms with E-state index in [1.807, 2.05) is 10.3 Å². The maximum absolute atomic E-state index is 13.0. The molecule has 0 aliphatic carbocycles. The molecular formula is C29H49N3O3S3. The zero-order valence-corrected chi connectivity index (χ0v) is 27.2. The summed E-state index contributed by atoms with van der Waals surface area (Å²) in [6, 6.07) is 2.21. The number of aliphatic hydroxyl groups excluding tert-OH is 1. The second-order valence-corrected chi connectivity index (χ2v) is 19.4. The SMILES string of the molecule is CC(C)(C)S(C)(C)C.CC(C)c1nc(C(=O)N2CCOC3(CCN(Cc4cc(CCO)cs4)CC3)C2)cs1. The van der Waals surface area contributed by atoms with Crippen LogP contribution >= 0.6 is 32.7 Å². The Bertz CT molecular complexity index is 1020. The minimum atomic E-state index is -0.340. The van der Waals surface area contributed by atoms with Crippen LogP contribution in [0.25, 0.3) is 0 Å². The van der Waals surface area contributed by atoms with Crippen molar-refractivity contribution in [2.75, 3.05) is 58.2 Å². The number of nitrogens with zero attached hydrogens (tertiary/aromatic N) is 3. The van der Waals surface area contributed by atoms with Gasteiger partial charge in [0.2, 0.25) is 0 Å². The van der Waals surface area contributed by atoms with Crippen molar-refractivity contribution in [1.29, 1.82) is 0 Å². The largest absolute Gasteiger partial charge is 0.396 e. The average Bonchev–Trinajstić information content (AvgIpc) is 3.50. The van der Waals surface area contributed by atoms with Crippen LogP contribution in [0, 0.1) is 0 Å². The highest BCUT2D eigenvalue weighted by Gasteiger charge is 2.41. The highest BCUT2D eigenvalue weighted by molar-refractivity contribution is 8.33. The standard InChI is InChI=1S/C22H31N3O3S2.C7H18S/c1-16(2)20-23-19(14-30-20)21(27)25-8-10-28-22(15-25)4-6-24(7-5-22)12-18-11-17(3-9-26)13-29-18;1-7(2,3)8(4,5)6/h11,13-14,16,26H,3-10,12,15H2,1-2H3;1-6H3. The molecule has 216 valence electrons. The molecule has 0 saturated carbocycles. The number of carbonyl (C=O) groups excluding carboxylic acids is 1. The fraction of sp³-hybridized carbons (Fsp3) is 0.724. The summed E-state index contributed by atoms with van der Waals surface area (Å²) < 4.78 is 6.76. The Labute approximate surface area is 240 Å². The van der Waals surface area contributed by atoms with E-state index in [0.717, 1.165) is 43.9 Å².